The lowest BCUT2D eigenvalue weighted by atomic mass is 10.2. The van der Waals surface area contributed by atoms with E-state index in [1.165, 1.54) is 25.1 Å². The molecule has 5 nitrogen and oxygen atoms in total. The monoisotopic (exact) mass is 266 g/mol. The van der Waals surface area contributed by atoms with Crippen LogP contribution in [0.15, 0.2) is 12.5 Å². The lowest BCUT2D eigenvalue weighted by molar-refractivity contribution is 0.0369. The molecule has 0 aliphatic carbocycles. The Hall–Kier alpha value is -0.910. The minimum atomic E-state index is 0.903. The Morgan fingerprint density at radius 3 is 2.79 bits per heavy atom. The molecule has 108 valence electrons. The first kappa shape index (κ1) is 14.5. The van der Waals surface area contributed by atoms with Gasteiger partial charge in [-0.3, -0.25) is 4.90 Å². The van der Waals surface area contributed by atoms with E-state index in [0.29, 0.717) is 0 Å². The Kier molecular flexibility index (Phi) is 5.82. The van der Waals surface area contributed by atoms with E-state index in [0.717, 1.165) is 39.4 Å². The van der Waals surface area contributed by atoms with E-state index in [1.807, 2.05) is 12.5 Å². The Morgan fingerprint density at radius 2 is 2.11 bits per heavy atom. The Bertz CT molecular complexity index is 360. The third-order valence-corrected chi connectivity index (χ3v) is 3.72. The van der Waals surface area contributed by atoms with Gasteiger partial charge in [0, 0.05) is 32.9 Å². The van der Waals surface area contributed by atoms with Crippen LogP contribution in [0.5, 0.6) is 0 Å². The molecule has 2 rings (SSSR count). The number of ether oxygens (including phenoxy) is 1. The fourth-order valence-corrected chi connectivity index (χ4v) is 2.43. The highest BCUT2D eigenvalue weighted by molar-refractivity contribution is 4.96. The van der Waals surface area contributed by atoms with Crippen LogP contribution in [0.2, 0.25) is 0 Å². The molecule has 1 aromatic heterocycles. The molecule has 1 aliphatic heterocycles. The summed E-state index contributed by atoms with van der Waals surface area (Å²) in [5, 5.41) is 0. The first-order valence-electron chi connectivity index (χ1n) is 7.19. The van der Waals surface area contributed by atoms with Crippen LogP contribution >= 0.6 is 0 Å². The van der Waals surface area contributed by atoms with Gasteiger partial charge in [-0.15, -0.1) is 0 Å². The van der Waals surface area contributed by atoms with Crippen molar-refractivity contribution in [3.8, 4) is 0 Å². The summed E-state index contributed by atoms with van der Waals surface area (Å²) < 4.78 is 7.44. The molecule has 0 unspecified atom stereocenters. The fourth-order valence-electron chi connectivity index (χ4n) is 2.43. The van der Waals surface area contributed by atoms with Crippen molar-refractivity contribution in [2.24, 2.45) is 7.05 Å². The molecule has 0 saturated carbocycles. The Labute approximate surface area is 116 Å². The first-order valence-corrected chi connectivity index (χ1v) is 7.19. The quantitative estimate of drug-likeness (QED) is 0.689. The third-order valence-electron chi connectivity index (χ3n) is 3.72. The SMILES string of the molecule is CN(CCCCN1CCOCC1)Cc1cncn1C. The number of hydrogen-bond donors (Lipinski definition) is 0. The van der Waals surface area contributed by atoms with Crippen molar-refractivity contribution < 1.29 is 4.74 Å². The lowest BCUT2D eigenvalue weighted by Gasteiger charge is -2.26. The summed E-state index contributed by atoms with van der Waals surface area (Å²) in [7, 11) is 4.23. The van der Waals surface area contributed by atoms with Gasteiger partial charge in [-0.2, -0.15) is 0 Å². The van der Waals surface area contributed by atoms with Crippen LogP contribution in [-0.2, 0) is 18.3 Å². The molecule has 1 fully saturated rings. The van der Waals surface area contributed by atoms with Crippen molar-refractivity contribution in [2.75, 3.05) is 46.4 Å². The predicted molar refractivity (Wildman–Crippen MR) is 76.0 cm³/mol. The van der Waals surface area contributed by atoms with Gasteiger partial charge in [-0.25, -0.2) is 4.98 Å². The van der Waals surface area contributed by atoms with E-state index in [2.05, 4.69) is 33.4 Å². The molecular weight excluding hydrogens is 240 g/mol. The second-order valence-electron chi connectivity index (χ2n) is 5.39. The molecule has 1 saturated heterocycles. The van der Waals surface area contributed by atoms with Gasteiger partial charge in [0.2, 0.25) is 0 Å². The Morgan fingerprint density at radius 1 is 1.32 bits per heavy atom. The van der Waals surface area contributed by atoms with Gasteiger partial charge >= 0.3 is 0 Å². The van der Waals surface area contributed by atoms with Gasteiger partial charge in [-0.1, -0.05) is 0 Å². The van der Waals surface area contributed by atoms with Crippen molar-refractivity contribution >= 4 is 0 Å². The fraction of sp³-hybridized carbons (Fsp3) is 0.786. The average Bonchev–Trinajstić information content (AvgIpc) is 2.82. The number of aromatic nitrogens is 2. The van der Waals surface area contributed by atoms with Gasteiger partial charge in [0.05, 0.1) is 25.2 Å². The number of unbranched alkanes of at least 4 members (excludes halogenated alkanes) is 1. The molecule has 0 aromatic carbocycles. The zero-order valence-corrected chi connectivity index (χ0v) is 12.2. The van der Waals surface area contributed by atoms with Crippen LogP contribution in [0.3, 0.4) is 0 Å². The summed E-state index contributed by atoms with van der Waals surface area (Å²) in [6.07, 6.45) is 6.34. The molecule has 0 atom stereocenters. The standard InChI is InChI=1S/C14H26N4O/c1-16(12-14-11-15-13-17(14)2)5-3-4-6-18-7-9-19-10-8-18/h11,13H,3-10,12H2,1-2H3. The summed E-state index contributed by atoms with van der Waals surface area (Å²) >= 11 is 0. The van der Waals surface area contributed by atoms with E-state index in [9.17, 15) is 0 Å². The van der Waals surface area contributed by atoms with E-state index in [4.69, 9.17) is 4.74 Å². The van der Waals surface area contributed by atoms with Crippen LogP contribution in [0, 0.1) is 0 Å². The number of rotatable bonds is 7. The van der Waals surface area contributed by atoms with E-state index in [1.54, 1.807) is 0 Å². The van der Waals surface area contributed by atoms with Crippen molar-refractivity contribution in [3.05, 3.63) is 18.2 Å². The number of aryl methyl sites for hydroxylation is 1. The van der Waals surface area contributed by atoms with Crippen LogP contribution in [0.1, 0.15) is 18.5 Å². The second kappa shape index (κ2) is 7.62. The summed E-state index contributed by atoms with van der Waals surface area (Å²) in [6.45, 7) is 7.35. The van der Waals surface area contributed by atoms with Gasteiger partial charge in [0.15, 0.2) is 0 Å². The molecule has 0 spiro atoms. The number of hydrogen-bond acceptors (Lipinski definition) is 4. The van der Waals surface area contributed by atoms with Crippen molar-refractivity contribution in [1.29, 1.82) is 0 Å². The molecule has 0 radical (unpaired) electrons. The highest BCUT2D eigenvalue weighted by Crippen LogP contribution is 2.04. The summed E-state index contributed by atoms with van der Waals surface area (Å²) in [5.74, 6) is 0. The molecule has 19 heavy (non-hydrogen) atoms. The van der Waals surface area contributed by atoms with Gasteiger partial charge in [-0.05, 0) is 33.0 Å². The van der Waals surface area contributed by atoms with E-state index in [-0.39, 0.29) is 0 Å². The van der Waals surface area contributed by atoms with Gasteiger partial charge in [0.25, 0.3) is 0 Å². The third kappa shape index (κ3) is 4.93. The highest BCUT2D eigenvalue weighted by Gasteiger charge is 2.09. The average molecular weight is 266 g/mol. The highest BCUT2D eigenvalue weighted by atomic mass is 16.5. The minimum Gasteiger partial charge on any atom is -0.379 e. The van der Waals surface area contributed by atoms with E-state index >= 15 is 0 Å². The molecule has 2 heterocycles. The zero-order chi connectivity index (χ0) is 13.5. The predicted octanol–water partition coefficient (Wildman–Crippen LogP) is 0.964. The summed E-state index contributed by atoms with van der Waals surface area (Å²) in [5.41, 5.74) is 1.27. The van der Waals surface area contributed by atoms with Gasteiger partial charge in [0.1, 0.15) is 0 Å². The second-order valence-corrected chi connectivity index (χ2v) is 5.39. The summed E-state index contributed by atoms with van der Waals surface area (Å²) in [6, 6.07) is 0. The topological polar surface area (TPSA) is 33.5 Å². The summed E-state index contributed by atoms with van der Waals surface area (Å²) in [4.78, 5) is 9.03. The Balaban J connectivity index is 1.56. The van der Waals surface area contributed by atoms with Crippen LogP contribution in [0.25, 0.3) is 0 Å². The largest absolute Gasteiger partial charge is 0.379 e. The first-order chi connectivity index (χ1) is 9.25. The molecule has 5 heteroatoms. The van der Waals surface area contributed by atoms with Crippen molar-refractivity contribution in [1.82, 2.24) is 19.4 Å². The number of nitrogens with zero attached hydrogens (tertiary/aromatic N) is 4. The maximum Gasteiger partial charge on any atom is 0.0945 e. The molecule has 0 amide bonds. The molecule has 1 aliphatic rings. The molecule has 0 bridgehead atoms. The van der Waals surface area contributed by atoms with Crippen LogP contribution in [-0.4, -0.2) is 65.8 Å². The number of morpholine rings is 1. The normalized spacial score (nSPS) is 17.2. The lowest BCUT2D eigenvalue weighted by Crippen LogP contribution is -2.37. The maximum absolute atomic E-state index is 5.36. The van der Waals surface area contributed by atoms with E-state index < -0.39 is 0 Å². The number of imidazole rings is 1. The molecule has 1 aromatic rings. The zero-order valence-electron chi connectivity index (χ0n) is 12.2. The van der Waals surface area contributed by atoms with Crippen molar-refractivity contribution in [3.63, 3.8) is 0 Å². The van der Waals surface area contributed by atoms with Crippen LogP contribution in [0.4, 0.5) is 0 Å². The molecular formula is C14H26N4O. The maximum atomic E-state index is 5.36. The van der Waals surface area contributed by atoms with Gasteiger partial charge < -0.3 is 14.2 Å². The van der Waals surface area contributed by atoms with Crippen LogP contribution < -0.4 is 0 Å². The van der Waals surface area contributed by atoms with Crippen molar-refractivity contribution in [2.45, 2.75) is 19.4 Å². The molecule has 0 N–H and O–H groups in total. The minimum absolute atomic E-state index is 0.903. The smallest absolute Gasteiger partial charge is 0.0945 e.